The SMILES string of the molecule is CCOc1ccc(C2/C(=C(/O)c3ccc(OC)c(C)c3)C(=O)C(=O)N2c2ccc(Cl)cc2)cc1. The van der Waals surface area contributed by atoms with E-state index < -0.39 is 17.7 Å². The number of aliphatic hydroxyl groups excluding tert-OH is 1. The Labute approximate surface area is 203 Å². The Morgan fingerprint density at radius 2 is 1.71 bits per heavy atom. The van der Waals surface area contributed by atoms with E-state index in [0.29, 0.717) is 39.9 Å². The maximum absolute atomic E-state index is 13.2. The van der Waals surface area contributed by atoms with Crippen molar-refractivity contribution in [3.8, 4) is 11.5 Å². The number of hydrogen-bond donors (Lipinski definition) is 1. The number of halogens is 1. The van der Waals surface area contributed by atoms with Crippen molar-refractivity contribution in [1.29, 1.82) is 0 Å². The van der Waals surface area contributed by atoms with Crippen molar-refractivity contribution in [1.82, 2.24) is 0 Å². The molecule has 3 aromatic carbocycles. The number of benzene rings is 3. The number of anilines is 1. The smallest absolute Gasteiger partial charge is 0.300 e. The number of carbonyl (C=O) groups is 2. The van der Waals surface area contributed by atoms with Gasteiger partial charge in [-0.3, -0.25) is 14.5 Å². The lowest BCUT2D eigenvalue weighted by molar-refractivity contribution is -0.132. The fraction of sp³-hybridized carbons (Fsp3) is 0.185. The molecule has 0 bridgehead atoms. The van der Waals surface area contributed by atoms with Crippen LogP contribution in [-0.2, 0) is 9.59 Å². The zero-order chi connectivity index (χ0) is 24.4. The highest BCUT2D eigenvalue weighted by Gasteiger charge is 2.47. The lowest BCUT2D eigenvalue weighted by Gasteiger charge is -2.25. The molecule has 1 atom stereocenters. The highest BCUT2D eigenvalue weighted by atomic mass is 35.5. The molecule has 7 heteroatoms. The number of hydrogen-bond acceptors (Lipinski definition) is 5. The first kappa shape index (κ1) is 23.4. The Kier molecular flexibility index (Phi) is 6.61. The van der Waals surface area contributed by atoms with Crippen LogP contribution >= 0.6 is 11.6 Å². The van der Waals surface area contributed by atoms with Crippen LogP contribution in [0.25, 0.3) is 5.76 Å². The summed E-state index contributed by atoms with van der Waals surface area (Å²) in [7, 11) is 1.56. The highest BCUT2D eigenvalue weighted by molar-refractivity contribution is 6.51. The predicted octanol–water partition coefficient (Wildman–Crippen LogP) is 5.68. The predicted molar refractivity (Wildman–Crippen MR) is 132 cm³/mol. The van der Waals surface area contributed by atoms with Gasteiger partial charge in [0.05, 0.1) is 25.3 Å². The first-order valence-corrected chi connectivity index (χ1v) is 11.2. The third-order valence-corrected chi connectivity index (χ3v) is 5.98. The van der Waals surface area contributed by atoms with Crippen LogP contribution in [0.4, 0.5) is 5.69 Å². The zero-order valence-electron chi connectivity index (χ0n) is 19.0. The van der Waals surface area contributed by atoms with Gasteiger partial charge in [-0.25, -0.2) is 0 Å². The average molecular weight is 478 g/mol. The van der Waals surface area contributed by atoms with E-state index in [4.69, 9.17) is 21.1 Å². The van der Waals surface area contributed by atoms with Gasteiger partial charge in [0.25, 0.3) is 11.7 Å². The molecule has 1 unspecified atom stereocenters. The van der Waals surface area contributed by atoms with Gasteiger partial charge in [0.1, 0.15) is 17.3 Å². The fourth-order valence-electron chi connectivity index (χ4n) is 4.11. The molecule has 0 saturated carbocycles. The van der Waals surface area contributed by atoms with Crippen LogP contribution in [0.3, 0.4) is 0 Å². The molecule has 1 fully saturated rings. The molecule has 1 aliphatic rings. The van der Waals surface area contributed by atoms with Crippen LogP contribution in [0.2, 0.25) is 5.02 Å². The number of rotatable bonds is 6. The number of Topliss-reactive ketones (excluding diaryl/α,β-unsaturated/α-hetero) is 1. The molecule has 1 N–H and O–H groups in total. The first-order chi connectivity index (χ1) is 16.3. The monoisotopic (exact) mass is 477 g/mol. The quantitative estimate of drug-likeness (QED) is 0.281. The molecule has 174 valence electrons. The van der Waals surface area contributed by atoms with Crippen molar-refractivity contribution >= 4 is 34.7 Å². The molecule has 1 aliphatic heterocycles. The third-order valence-electron chi connectivity index (χ3n) is 5.72. The van der Waals surface area contributed by atoms with E-state index in [1.165, 1.54) is 4.90 Å². The van der Waals surface area contributed by atoms with Crippen molar-refractivity contribution in [2.24, 2.45) is 0 Å². The molecule has 0 aromatic heterocycles. The molecule has 0 spiro atoms. The van der Waals surface area contributed by atoms with Gasteiger partial charge in [0.2, 0.25) is 0 Å². The summed E-state index contributed by atoms with van der Waals surface area (Å²) in [4.78, 5) is 27.8. The van der Waals surface area contributed by atoms with E-state index >= 15 is 0 Å². The van der Waals surface area contributed by atoms with Gasteiger partial charge in [0, 0.05) is 16.3 Å². The summed E-state index contributed by atoms with van der Waals surface area (Å²) >= 11 is 6.04. The van der Waals surface area contributed by atoms with Crippen LogP contribution in [-0.4, -0.2) is 30.5 Å². The topological polar surface area (TPSA) is 76.1 Å². The van der Waals surface area contributed by atoms with Gasteiger partial charge in [-0.15, -0.1) is 0 Å². The van der Waals surface area contributed by atoms with E-state index in [1.54, 1.807) is 73.8 Å². The molecular weight excluding hydrogens is 454 g/mol. The zero-order valence-corrected chi connectivity index (χ0v) is 19.8. The summed E-state index contributed by atoms with van der Waals surface area (Å²) in [5, 5.41) is 11.8. The molecule has 34 heavy (non-hydrogen) atoms. The van der Waals surface area contributed by atoms with E-state index in [1.807, 2.05) is 13.8 Å². The molecule has 6 nitrogen and oxygen atoms in total. The summed E-state index contributed by atoms with van der Waals surface area (Å²) in [6.07, 6.45) is 0. The largest absolute Gasteiger partial charge is 0.507 e. The van der Waals surface area contributed by atoms with Gasteiger partial charge < -0.3 is 14.6 Å². The number of nitrogens with zero attached hydrogens (tertiary/aromatic N) is 1. The minimum absolute atomic E-state index is 0.00803. The fourth-order valence-corrected chi connectivity index (χ4v) is 4.24. The lowest BCUT2D eigenvalue weighted by atomic mass is 9.94. The maximum atomic E-state index is 13.2. The van der Waals surface area contributed by atoms with Crippen LogP contribution < -0.4 is 14.4 Å². The van der Waals surface area contributed by atoms with Crippen molar-refractivity contribution < 1.29 is 24.2 Å². The number of amides is 1. The highest BCUT2D eigenvalue weighted by Crippen LogP contribution is 2.43. The number of methoxy groups -OCH3 is 1. The number of ether oxygens (including phenoxy) is 2. The maximum Gasteiger partial charge on any atom is 0.300 e. The molecule has 1 amide bonds. The van der Waals surface area contributed by atoms with Gasteiger partial charge in [0.15, 0.2) is 0 Å². The third kappa shape index (κ3) is 4.24. The van der Waals surface area contributed by atoms with Gasteiger partial charge in [-0.1, -0.05) is 23.7 Å². The normalized spacial score (nSPS) is 17.2. The molecule has 0 radical (unpaired) electrons. The first-order valence-electron chi connectivity index (χ1n) is 10.8. The second-order valence-electron chi connectivity index (χ2n) is 7.83. The summed E-state index contributed by atoms with van der Waals surface area (Å²) in [5.41, 5.74) is 2.37. The second kappa shape index (κ2) is 9.61. The van der Waals surface area contributed by atoms with Crippen LogP contribution in [0, 0.1) is 6.92 Å². The van der Waals surface area contributed by atoms with Crippen molar-refractivity contribution in [3.63, 3.8) is 0 Å². The van der Waals surface area contributed by atoms with Crippen molar-refractivity contribution in [2.75, 3.05) is 18.6 Å². The summed E-state index contributed by atoms with van der Waals surface area (Å²) in [5.74, 6) is -0.422. The van der Waals surface area contributed by atoms with Crippen molar-refractivity contribution in [2.45, 2.75) is 19.9 Å². The summed E-state index contributed by atoms with van der Waals surface area (Å²) < 4.78 is 10.8. The minimum atomic E-state index is -0.834. The Morgan fingerprint density at radius 1 is 1.03 bits per heavy atom. The van der Waals surface area contributed by atoms with Crippen LogP contribution in [0.1, 0.15) is 29.7 Å². The van der Waals surface area contributed by atoms with E-state index in [2.05, 4.69) is 0 Å². The van der Waals surface area contributed by atoms with E-state index in [0.717, 1.165) is 5.56 Å². The number of carbonyl (C=O) groups excluding carboxylic acids is 2. The van der Waals surface area contributed by atoms with Crippen LogP contribution in [0.15, 0.2) is 72.3 Å². The van der Waals surface area contributed by atoms with Crippen molar-refractivity contribution in [3.05, 3.63) is 94.0 Å². The standard InChI is InChI=1S/C27H24ClNO5/c1-4-34-21-12-5-17(6-13-21)24-23(25(30)18-7-14-22(33-3)16(2)15-18)26(31)27(32)29(24)20-10-8-19(28)9-11-20/h5-15,24,30H,4H2,1-3H3/b25-23-. The number of ketones is 1. The molecule has 3 aromatic rings. The molecule has 1 heterocycles. The number of aryl methyl sites for hydroxylation is 1. The van der Waals surface area contributed by atoms with E-state index in [9.17, 15) is 14.7 Å². The second-order valence-corrected chi connectivity index (χ2v) is 8.27. The Hall–Kier alpha value is -3.77. The van der Waals surface area contributed by atoms with Gasteiger partial charge >= 0.3 is 0 Å². The average Bonchev–Trinajstić information content (AvgIpc) is 3.10. The van der Waals surface area contributed by atoms with Gasteiger partial charge in [-0.2, -0.15) is 0 Å². The Bertz CT molecular complexity index is 1270. The van der Waals surface area contributed by atoms with Crippen LogP contribution in [0.5, 0.6) is 11.5 Å². The minimum Gasteiger partial charge on any atom is -0.507 e. The van der Waals surface area contributed by atoms with E-state index in [-0.39, 0.29) is 11.3 Å². The Morgan fingerprint density at radius 3 is 2.29 bits per heavy atom. The number of aliphatic hydroxyl groups is 1. The Balaban J connectivity index is 1.90. The molecule has 1 saturated heterocycles. The summed E-state index contributed by atoms with van der Waals surface area (Å²) in [6, 6.07) is 18.0. The molecular formula is C27H24ClNO5. The lowest BCUT2D eigenvalue weighted by Crippen LogP contribution is -2.29. The summed E-state index contributed by atoms with van der Waals surface area (Å²) in [6.45, 7) is 4.24. The molecule has 4 rings (SSSR count). The van der Waals surface area contributed by atoms with Gasteiger partial charge in [-0.05, 0) is 79.6 Å². The molecule has 0 aliphatic carbocycles.